The Hall–Kier alpha value is -1.55. The minimum atomic E-state index is -0.0550. The van der Waals surface area contributed by atoms with Crippen molar-refractivity contribution >= 4 is 28.4 Å². The summed E-state index contributed by atoms with van der Waals surface area (Å²) in [6, 6.07) is 8.30. The summed E-state index contributed by atoms with van der Waals surface area (Å²) in [6.45, 7) is 1.04. The highest BCUT2D eigenvalue weighted by Gasteiger charge is 2.52. The first kappa shape index (κ1) is 12.9. The van der Waals surface area contributed by atoms with Gasteiger partial charge in [-0.1, -0.05) is 48.9 Å². The van der Waals surface area contributed by atoms with Crippen molar-refractivity contribution in [1.82, 2.24) is 4.90 Å². The molecular formula is C18H18N2OS. The minimum Gasteiger partial charge on any atom is -0.340 e. The largest absolute Gasteiger partial charge is 0.340 e. The standard InChI is InChI=1S/C18H18N2OS/c21-14-11-12-5-1-2-6-13(12)16-15(14)18(7-3-4-8-18)20-9-10-22-17(20)19-16/h1-2,5-6H,3-4,7-11H2. The van der Waals surface area contributed by atoms with Crippen molar-refractivity contribution in [2.45, 2.75) is 37.6 Å². The number of carbonyl (C=O) groups excluding carboxylic acids is 1. The van der Waals surface area contributed by atoms with Crippen molar-refractivity contribution in [3.05, 3.63) is 41.0 Å². The summed E-state index contributed by atoms with van der Waals surface area (Å²) in [5.74, 6) is 1.40. The van der Waals surface area contributed by atoms with Crippen LogP contribution >= 0.6 is 11.8 Å². The molecular weight excluding hydrogens is 292 g/mol. The van der Waals surface area contributed by atoms with Crippen LogP contribution in [0.1, 0.15) is 36.8 Å². The topological polar surface area (TPSA) is 32.7 Å². The summed E-state index contributed by atoms with van der Waals surface area (Å²) in [4.78, 5) is 20.4. The first-order valence-corrected chi connectivity index (χ1v) is 9.13. The molecule has 0 N–H and O–H groups in total. The lowest BCUT2D eigenvalue weighted by molar-refractivity contribution is -0.116. The number of hydrogen-bond acceptors (Lipinski definition) is 4. The molecule has 1 saturated carbocycles. The first-order valence-electron chi connectivity index (χ1n) is 8.15. The van der Waals surface area contributed by atoms with E-state index in [2.05, 4.69) is 23.1 Å². The van der Waals surface area contributed by atoms with Crippen molar-refractivity contribution in [3.8, 4) is 0 Å². The molecule has 0 atom stereocenters. The molecule has 0 aromatic heterocycles. The molecule has 2 heterocycles. The quantitative estimate of drug-likeness (QED) is 0.737. The molecule has 4 aliphatic rings. The van der Waals surface area contributed by atoms with Gasteiger partial charge in [-0.2, -0.15) is 0 Å². The number of ketones is 1. The zero-order valence-electron chi connectivity index (χ0n) is 12.5. The van der Waals surface area contributed by atoms with Gasteiger partial charge in [0.05, 0.1) is 11.2 Å². The first-order chi connectivity index (χ1) is 10.8. The fraction of sp³-hybridized carbons (Fsp3) is 0.444. The molecule has 4 heteroatoms. The fourth-order valence-corrected chi connectivity index (χ4v) is 5.67. The van der Waals surface area contributed by atoms with Gasteiger partial charge in [0, 0.05) is 29.9 Å². The zero-order chi connectivity index (χ0) is 14.7. The molecule has 1 aromatic carbocycles. The van der Waals surface area contributed by atoms with Gasteiger partial charge in [0.1, 0.15) is 0 Å². The van der Waals surface area contributed by atoms with E-state index in [1.165, 1.54) is 18.4 Å². The van der Waals surface area contributed by atoms with E-state index in [1.807, 2.05) is 17.8 Å². The molecule has 2 aliphatic carbocycles. The molecule has 3 nitrogen and oxygen atoms in total. The summed E-state index contributed by atoms with van der Waals surface area (Å²) in [7, 11) is 0. The van der Waals surface area contributed by atoms with Gasteiger partial charge >= 0.3 is 0 Å². The van der Waals surface area contributed by atoms with E-state index < -0.39 is 0 Å². The Morgan fingerprint density at radius 1 is 1.18 bits per heavy atom. The van der Waals surface area contributed by atoms with Crippen LogP contribution in [0.4, 0.5) is 0 Å². The highest BCUT2D eigenvalue weighted by Crippen LogP contribution is 2.51. The monoisotopic (exact) mass is 310 g/mol. The number of fused-ring (bicyclic) bond motifs is 5. The number of benzene rings is 1. The third-order valence-corrected chi connectivity index (χ3v) is 6.49. The molecule has 1 saturated heterocycles. The Balaban J connectivity index is 1.80. The van der Waals surface area contributed by atoms with Crippen LogP contribution in [-0.4, -0.2) is 33.7 Å². The Kier molecular flexibility index (Phi) is 2.63. The summed E-state index contributed by atoms with van der Waals surface area (Å²) < 4.78 is 0. The van der Waals surface area contributed by atoms with Crippen LogP contribution in [0.5, 0.6) is 0 Å². The van der Waals surface area contributed by atoms with Crippen LogP contribution in [0.25, 0.3) is 5.70 Å². The minimum absolute atomic E-state index is 0.0550. The van der Waals surface area contributed by atoms with Crippen molar-refractivity contribution in [3.63, 3.8) is 0 Å². The van der Waals surface area contributed by atoms with Crippen LogP contribution in [-0.2, 0) is 11.2 Å². The van der Waals surface area contributed by atoms with Gasteiger partial charge < -0.3 is 4.90 Å². The van der Waals surface area contributed by atoms with Crippen LogP contribution < -0.4 is 0 Å². The molecule has 0 bridgehead atoms. The van der Waals surface area contributed by atoms with Gasteiger partial charge in [-0.3, -0.25) is 4.79 Å². The Labute approximate surface area is 134 Å². The molecule has 2 aliphatic heterocycles. The Morgan fingerprint density at radius 2 is 2.00 bits per heavy atom. The van der Waals surface area contributed by atoms with E-state index in [9.17, 15) is 4.79 Å². The smallest absolute Gasteiger partial charge is 0.167 e. The molecule has 1 aromatic rings. The van der Waals surface area contributed by atoms with Crippen molar-refractivity contribution in [2.24, 2.45) is 4.99 Å². The number of rotatable bonds is 0. The van der Waals surface area contributed by atoms with Gasteiger partial charge in [0.25, 0.3) is 0 Å². The maximum Gasteiger partial charge on any atom is 0.167 e. The number of aliphatic imine (C=N–C) groups is 1. The molecule has 2 fully saturated rings. The second kappa shape index (κ2) is 4.48. The second-order valence-electron chi connectivity index (χ2n) is 6.61. The third kappa shape index (κ3) is 1.54. The molecule has 0 radical (unpaired) electrons. The fourth-order valence-electron chi connectivity index (χ4n) is 4.63. The number of amidine groups is 1. The van der Waals surface area contributed by atoms with Crippen LogP contribution in [0, 0.1) is 0 Å². The molecule has 5 rings (SSSR count). The number of hydrogen-bond donors (Lipinski definition) is 0. The Morgan fingerprint density at radius 3 is 2.86 bits per heavy atom. The number of Topliss-reactive ketones (excluding diaryl/α,β-unsaturated/α-hetero) is 1. The zero-order valence-corrected chi connectivity index (χ0v) is 13.3. The van der Waals surface area contributed by atoms with Crippen molar-refractivity contribution in [2.75, 3.05) is 12.3 Å². The highest BCUT2D eigenvalue weighted by molar-refractivity contribution is 8.14. The van der Waals surface area contributed by atoms with Gasteiger partial charge in [0.2, 0.25) is 0 Å². The molecule has 0 amide bonds. The van der Waals surface area contributed by atoms with Crippen molar-refractivity contribution < 1.29 is 4.79 Å². The number of carbonyl (C=O) groups is 1. The maximum atomic E-state index is 13.0. The molecule has 112 valence electrons. The predicted octanol–water partition coefficient (Wildman–Crippen LogP) is 3.25. The lowest BCUT2D eigenvalue weighted by Crippen LogP contribution is -2.53. The van der Waals surface area contributed by atoms with E-state index >= 15 is 0 Å². The average molecular weight is 310 g/mol. The van der Waals surface area contributed by atoms with Gasteiger partial charge in [-0.05, 0) is 18.4 Å². The Bertz CT molecular complexity index is 743. The van der Waals surface area contributed by atoms with Crippen LogP contribution in [0.15, 0.2) is 34.8 Å². The van der Waals surface area contributed by atoms with Crippen LogP contribution in [0.2, 0.25) is 0 Å². The maximum absolute atomic E-state index is 13.0. The second-order valence-corrected chi connectivity index (χ2v) is 7.68. The van der Waals surface area contributed by atoms with E-state index in [-0.39, 0.29) is 5.54 Å². The lowest BCUT2D eigenvalue weighted by Gasteiger charge is -2.45. The van der Waals surface area contributed by atoms with Crippen LogP contribution in [0.3, 0.4) is 0 Å². The van der Waals surface area contributed by atoms with Gasteiger partial charge in [0.15, 0.2) is 11.0 Å². The summed E-state index contributed by atoms with van der Waals surface area (Å²) in [5.41, 5.74) is 4.27. The molecule has 1 spiro atoms. The number of nitrogens with zero attached hydrogens (tertiary/aromatic N) is 2. The van der Waals surface area contributed by atoms with E-state index in [0.717, 1.165) is 47.1 Å². The summed E-state index contributed by atoms with van der Waals surface area (Å²) in [6.07, 6.45) is 5.21. The normalized spacial score (nSPS) is 25.2. The van der Waals surface area contributed by atoms with Gasteiger partial charge in [-0.15, -0.1) is 0 Å². The lowest BCUT2D eigenvalue weighted by atomic mass is 9.75. The van der Waals surface area contributed by atoms with E-state index in [4.69, 9.17) is 4.99 Å². The molecule has 0 unspecified atom stereocenters. The summed E-state index contributed by atoms with van der Waals surface area (Å²) >= 11 is 1.85. The van der Waals surface area contributed by atoms with Gasteiger partial charge in [-0.25, -0.2) is 4.99 Å². The third-order valence-electron chi connectivity index (χ3n) is 5.54. The van der Waals surface area contributed by atoms with E-state index in [0.29, 0.717) is 12.2 Å². The van der Waals surface area contributed by atoms with Crippen molar-refractivity contribution in [1.29, 1.82) is 0 Å². The predicted molar refractivity (Wildman–Crippen MR) is 89.9 cm³/mol. The van der Waals surface area contributed by atoms with E-state index in [1.54, 1.807) is 0 Å². The SMILES string of the molecule is O=C1Cc2ccccc2C2=C1C1(CCCC1)N1CCSC1=N2. The average Bonchev–Trinajstić information content (AvgIpc) is 3.17. The summed E-state index contributed by atoms with van der Waals surface area (Å²) in [5, 5.41) is 1.14. The number of thioether (sulfide) groups is 1. The molecule has 22 heavy (non-hydrogen) atoms. The highest BCUT2D eigenvalue weighted by atomic mass is 32.2.